The molecule has 2 aliphatic carbocycles. The molecule has 0 N–H and O–H groups in total. The van der Waals surface area contributed by atoms with Gasteiger partial charge in [-0.05, 0) is 43.7 Å². The molecule has 0 radical (unpaired) electrons. The summed E-state index contributed by atoms with van der Waals surface area (Å²) in [6.07, 6.45) is 8.69. The summed E-state index contributed by atoms with van der Waals surface area (Å²) in [5.41, 5.74) is 0.463. The van der Waals surface area contributed by atoms with Gasteiger partial charge in [0, 0.05) is 21.6 Å². The molecule has 22 heavy (non-hydrogen) atoms. The van der Waals surface area contributed by atoms with Crippen LogP contribution in [0, 0.1) is 11.3 Å². The highest BCUT2D eigenvalue weighted by Crippen LogP contribution is 2.67. The molecule has 1 spiro atoms. The van der Waals surface area contributed by atoms with Gasteiger partial charge in [-0.3, -0.25) is 4.84 Å². The molecule has 5 rings (SSSR count). The number of rotatable bonds is 2. The molecular formula is C19H25NOS. The van der Waals surface area contributed by atoms with Gasteiger partial charge in [-0.1, -0.05) is 38.0 Å². The first kappa shape index (κ1) is 13.9. The first-order chi connectivity index (χ1) is 10.7. The maximum atomic E-state index is 6.47. The smallest absolute Gasteiger partial charge is 0.0865 e. The van der Waals surface area contributed by atoms with Crippen LogP contribution in [0.15, 0.2) is 35.2 Å². The van der Waals surface area contributed by atoms with Crippen LogP contribution >= 0.6 is 11.8 Å². The Labute approximate surface area is 137 Å². The summed E-state index contributed by atoms with van der Waals surface area (Å²) < 4.78 is 0.360. The predicted molar refractivity (Wildman–Crippen MR) is 89.7 cm³/mol. The van der Waals surface area contributed by atoms with Gasteiger partial charge in [0.1, 0.15) is 0 Å². The van der Waals surface area contributed by atoms with Crippen LogP contribution < -0.4 is 0 Å². The molecule has 2 heterocycles. The number of hydroxylamine groups is 2. The fourth-order valence-corrected chi connectivity index (χ4v) is 7.75. The average molecular weight is 315 g/mol. The van der Waals surface area contributed by atoms with Crippen LogP contribution in [0.2, 0.25) is 0 Å². The Kier molecular flexibility index (Phi) is 3.00. The number of nitrogens with zero attached hydrogens (tertiary/aromatic N) is 1. The lowest BCUT2D eigenvalue weighted by molar-refractivity contribution is -0.151. The number of thioether (sulfide) groups is 1. The minimum atomic E-state index is 0.360. The Morgan fingerprint density at radius 3 is 2.82 bits per heavy atom. The predicted octanol–water partition coefficient (Wildman–Crippen LogP) is 4.51. The van der Waals surface area contributed by atoms with Crippen LogP contribution in [0.3, 0.4) is 0 Å². The maximum absolute atomic E-state index is 6.47. The van der Waals surface area contributed by atoms with Crippen molar-refractivity contribution in [1.29, 1.82) is 0 Å². The minimum absolute atomic E-state index is 0.360. The zero-order valence-electron chi connectivity index (χ0n) is 13.3. The molecule has 5 atom stereocenters. The maximum Gasteiger partial charge on any atom is 0.0865 e. The summed E-state index contributed by atoms with van der Waals surface area (Å²) in [5.74, 6) is 0.710. The van der Waals surface area contributed by atoms with Gasteiger partial charge in [-0.25, -0.2) is 0 Å². The van der Waals surface area contributed by atoms with E-state index in [9.17, 15) is 0 Å². The molecule has 2 aliphatic heterocycles. The molecule has 0 unspecified atom stereocenters. The zero-order valence-corrected chi connectivity index (χ0v) is 14.1. The highest BCUT2D eigenvalue weighted by atomic mass is 32.2. The van der Waals surface area contributed by atoms with Crippen molar-refractivity contribution in [2.75, 3.05) is 6.54 Å². The van der Waals surface area contributed by atoms with E-state index in [-0.39, 0.29) is 0 Å². The molecule has 3 heteroatoms. The third kappa shape index (κ3) is 1.65. The molecule has 1 aromatic carbocycles. The quantitative estimate of drug-likeness (QED) is 0.797. The minimum Gasteiger partial charge on any atom is -0.295 e. The molecule has 2 saturated carbocycles. The molecule has 1 aromatic rings. The van der Waals surface area contributed by atoms with Crippen molar-refractivity contribution in [1.82, 2.24) is 5.06 Å². The summed E-state index contributed by atoms with van der Waals surface area (Å²) in [6.45, 7) is 3.59. The third-order valence-electron chi connectivity index (χ3n) is 6.86. The summed E-state index contributed by atoms with van der Waals surface area (Å²) in [5, 5.41) is 2.42. The van der Waals surface area contributed by atoms with Crippen LogP contribution in [0.5, 0.6) is 0 Å². The summed E-state index contributed by atoms with van der Waals surface area (Å²) in [4.78, 5) is 7.91. The van der Waals surface area contributed by atoms with Crippen molar-refractivity contribution in [2.45, 2.75) is 67.2 Å². The van der Waals surface area contributed by atoms with E-state index in [1.54, 1.807) is 0 Å². The van der Waals surface area contributed by atoms with E-state index in [1.165, 1.54) is 43.4 Å². The van der Waals surface area contributed by atoms with Gasteiger partial charge in [0.2, 0.25) is 0 Å². The van der Waals surface area contributed by atoms with Gasteiger partial charge in [0.25, 0.3) is 0 Å². The second kappa shape index (κ2) is 4.75. The van der Waals surface area contributed by atoms with Crippen LogP contribution in [0.1, 0.15) is 45.4 Å². The highest BCUT2D eigenvalue weighted by molar-refractivity contribution is 8.00. The van der Waals surface area contributed by atoms with Crippen molar-refractivity contribution >= 4 is 11.8 Å². The van der Waals surface area contributed by atoms with Gasteiger partial charge < -0.3 is 0 Å². The molecule has 2 nitrogen and oxygen atoms in total. The summed E-state index contributed by atoms with van der Waals surface area (Å²) in [7, 11) is 0. The lowest BCUT2D eigenvalue weighted by Crippen LogP contribution is -2.54. The summed E-state index contributed by atoms with van der Waals surface area (Å²) >= 11 is 2.16. The Hall–Kier alpha value is -0.510. The SMILES string of the molecule is C[C@@H]1CN2O[C@H]3CCC[C@]34CCC[C@@]1(Sc1ccccc1)[C@H]24. The molecule has 4 fully saturated rings. The van der Waals surface area contributed by atoms with E-state index >= 15 is 0 Å². The Balaban J connectivity index is 1.58. The monoisotopic (exact) mass is 315 g/mol. The Morgan fingerprint density at radius 2 is 1.95 bits per heavy atom. The second-order valence-electron chi connectivity index (χ2n) is 7.85. The second-order valence-corrected chi connectivity index (χ2v) is 9.28. The van der Waals surface area contributed by atoms with Crippen molar-refractivity contribution in [3.05, 3.63) is 30.3 Å². The normalized spacial score (nSPS) is 46.7. The van der Waals surface area contributed by atoms with Crippen LogP contribution in [0.4, 0.5) is 0 Å². The van der Waals surface area contributed by atoms with Crippen molar-refractivity contribution < 1.29 is 4.84 Å². The number of benzene rings is 1. The molecule has 118 valence electrons. The van der Waals surface area contributed by atoms with Crippen LogP contribution in [0.25, 0.3) is 0 Å². The topological polar surface area (TPSA) is 12.5 Å². The van der Waals surface area contributed by atoms with Gasteiger partial charge in [-0.2, -0.15) is 5.06 Å². The van der Waals surface area contributed by atoms with E-state index in [0.29, 0.717) is 28.2 Å². The standard InChI is InChI=1S/C19H25NOS/c1-14-13-20-17-18(10-5-9-16(18)21-20)11-6-12-19(14,17)22-15-7-3-2-4-8-15/h2-4,7-8,14,16-17H,5-6,9-13H2,1H3/t14-,16+,17-,18+,19+/m1/s1. The van der Waals surface area contributed by atoms with Crippen LogP contribution in [-0.4, -0.2) is 28.5 Å². The third-order valence-corrected chi connectivity index (χ3v) is 8.57. The number of hydrogen-bond donors (Lipinski definition) is 0. The molecule has 0 bridgehead atoms. The highest BCUT2D eigenvalue weighted by Gasteiger charge is 2.70. The van der Waals surface area contributed by atoms with Gasteiger partial charge in [-0.15, -0.1) is 11.8 Å². The molecule has 0 amide bonds. The largest absolute Gasteiger partial charge is 0.295 e. The van der Waals surface area contributed by atoms with Gasteiger partial charge in [0.15, 0.2) is 0 Å². The fourth-order valence-electron chi connectivity index (χ4n) is 6.03. The summed E-state index contributed by atoms with van der Waals surface area (Å²) in [6, 6.07) is 11.7. The van der Waals surface area contributed by atoms with E-state index in [1.807, 2.05) is 0 Å². The lowest BCUT2D eigenvalue weighted by atomic mass is 9.63. The van der Waals surface area contributed by atoms with E-state index in [4.69, 9.17) is 4.84 Å². The molecule has 0 aromatic heterocycles. The van der Waals surface area contributed by atoms with Gasteiger partial charge in [0.05, 0.1) is 12.1 Å². The number of hydrogen-bond acceptors (Lipinski definition) is 3. The Morgan fingerprint density at radius 1 is 1.14 bits per heavy atom. The molecule has 2 saturated heterocycles. The first-order valence-corrected chi connectivity index (χ1v) is 9.74. The van der Waals surface area contributed by atoms with Crippen LogP contribution in [-0.2, 0) is 4.84 Å². The van der Waals surface area contributed by atoms with Crippen molar-refractivity contribution in [3.63, 3.8) is 0 Å². The fraction of sp³-hybridized carbons (Fsp3) is 0.684. The Bertz CT molecular complexity index is 578. The van der Waals surface area contributed by atoms with E-state index in [0.717, 1.165) is 6.54 Å². The van der Waals surface area contributed by atoms with Crippen molar-refractivity contribution in [2.24, 2.45) is 11.3 Å². The zero-order chi connectivity index (χ0) is 14.8. The first-order valence-electron chi connectivity index (χ1n) is 8.92. The van der Waals surface area contributed by atoms with Crippen molar-refractivity contribution in [3.8, 4) is 0 Å². The van der Waals surface area contributed by atoms with E-state index < -0.39 is 0 Å². The molecular weight excluding hydrogens is 290 g/mol. The lowest BCUT2D eigenvalue weighted by Gasteiger charge is -2.49. The molecule has 4 aliphatic rings. The average Bonchev–Trinajstić information content (AvgIpc) is 3.11. The van der Waals surface area contributed by atoms with Gasteiger partial charge >= 0.3 is 0 Å². The van der Waals surface area contributed by atoms with E-state index in [2.05, 4.69) is 54.1 Å².